The number of anilines is 1. The third-order valence-electron chi connectivity index (χ3n) is 6.16. The number of ether oxygens (including phenoxy) is 1. The zero-order chi connectivity index (χ0) is 22.8. The third-order valence-corrected chi connectivity index (χ3v) is 8.65. The molecule has 0 bridgehead atoms. The molecule has 0 fully saturated rings. The molecule has 0 unspecified atom stereocenters. The lowest BCUT2D eigenvalue weighted by Crippen LogP contribution is -2.30. The van der Waals surface area contributed by atoms with Crippen molar-refractivity contribution in [3.8, 4) is 5.00 Å². The van der Waals surface area contributed by atoms with E-state index in [1.807, 2.05) is 24.5 Å². The number of urea groups is 1. The fourth-order valence-electron chi connectivity index (χ4n) is 4.64. The van der Waals surface area contributed by atoms with Gasteiger partial charge in [-0.3, -0.25) is 5.32 Å². The van der Waals surface area contributed by atoms with Crippen molar-refractivity contribution < 1.29 is 14.3 Å². The first-order valence-corrected chi connectivity index (χ1v) is 13.1. The van der Waals surface area contributed by atoms with Gasteiger partial charge in [0.1, 0.15) is 10.0 Å². The van der Waals surface area contributed by atoms with Crippen LogP contribution >= 0.6 is 22.7 Å². The van der Waals surface area contributed by atoms with Crippen LogP contribution in [0, 0.1) is 0 Å². The molecule has 7 nitrogen and oxygen atoms in total. The Hall–Kier alpha value is -2.62. The minimum absolute atomic E-state index is 0.300. The number of thiophene rings is 2. The van der Waals surface area contributed by atoms with E-state index in [9.17, 15) is 9.59 Å². The van der Waals surface area contributed by atoms with E-state index in [1.54, 1.807) is 18.3 Å². The normalized spacial score (nSPS) is 14.9. The average Bonchev–Trinajstić information content (AvgIpc) is 3.54. The SMILES string of the molecule is CCOC(=O)c1c(NC(=O)NCc2c(-n3cccc3)sc3c2CCNC3)sc2c1CCCC2. The van der Waals surface area contributed by atoms with Crippen LogP contribution in [-0.4, -0.2) is 29.7 Å². The summed E-state index contributed by atoms with van der Waals surface area (Å²) in [6.45, 7) is 4.36. The van der Waals surface area contributed by atoms with Crippen LogP contribution < -0.4 is 16.0 Å². The Balaban J connectivity index is 1.36. The molecule has 3 N–H and O–H groups in total. The molecule has 3 aromatic rings. The van der Waals surface area contributed by atoms with Gasteiger partial charge in [0, 0.05) is 40.8 Å². The topological polar surface area (TPSA) is 84.4 Å². The summed E-state index contributed by atoms with van der Waals surface area (Å²) in [6, 6.07) is 3.72. The van der Waals surface area contributed by atoms with Crippen molar-refractivity contribution in [3.05, 3.63) is 56.5 Å². The van der Waals surface area contributed by atoms with Crippen molar-refractivity contribution in [2.45, 2.75) is 52.1 Å². The molecule has 2 amide bonds. The van der Waals surface area contributed by atoms with Crippen molar-refractivity contribution >= 4 is 39.7 Å². The van der Waals surface area contributed by atoms with Crippen molar-refractivity contribution in [3.63, 3.8) is 0 Å². The number of carbonyl (C=O) groups excluding carboxylic acids is 2. The molecule has 0 radical (unpaired) electrons. The van der Waals surface area contributed by atoms with Crippen LogP contribution in [0.15, 0.2) is 24.5 Å². The Morgan fingerprint density at radius 3 is 2.73 bits per heavy atom. The van der Waals surface area contributed by atoms with E-state index in [0.717, 1.165) is 55.8 Å². The van der Waals surface area contributed by atoms with E-state index >= 15 is 0 Å². The highest BCUT2D eigenvalue weighted by Gasteiger charge is 2.27. The number of rotatable bonds is 6. The molecule has 174 valence electrons. The molecule has 0 saturated heterocycles. The summed E-state index contributed by atoms with van der Waals surface area (Å²) in [5.74, 6) is -0.346. The summed E-state index contributed by atoms with van der Waals surface area (Å²) in [4.78, 5) is 28.1. The molecule has 0 saturated carbocycles. The smallest absolute Gasteiger partial charge is 0.341 e. The molecule has 3 aromatic heterocycles. The van der Waals surface area contributed by atoms with Crippen LogP contribution in [0.5, 0.6) is 0 Å². The molecule has 5 rings (SSSR count). The van der Waals surface area contributed by atoms with Gasteiger partial charge in [-0.05, 0) is 68.8 Å². The maximum absolute atomic E-state index is 12.9. The standard InChI is InChI=1S/C24H28N4O3S2/c1-2-31-23(29)20-16-7-3-4-8-18(16)32-21(20)27-24(30)26-13-17-15-9-10-25-14-19(15)33-22(17)28-11-5-6-12-28/h5-6,11-12,25H,2-4,7-10,13-14H2,1H3,(H2,26,27,30). The van der Waals surface area contributed by atoms with Gasteiger partial charge in [-0.15, -0.1) is 22.7 Å². The number of hydrogen-bond donors (Lipinski definition) is 3. The van der Waals surface area contributed by atoms with Crippen molar-refractivity contribution in [1.82, 2.24) is 15.2 Å². The summed E-state index contributed by atoms with van der Waals surface area (Å²) in [5, 5.41) is 11.2. The Labute approximate surface area is 201 Å². The minimum atomic E-state index is -0.346. The highest BCUT2D eigenvalue weighted by atomic mass is 32.1. The number of esters is 1. The lowest BCUT2D eigenvalue weighted by Gasteiger charge is -2.15. The van der Waals surface area contributed by atoms with Gasteiger partial charge in [0.15, 0.2) is 0 Å². The zero-order valence-corrected chi connectivity index (χ0v) is 20.3. The Morgan fingerprint density at radius 2 is 1.91 bits per heavy atom. The Bertz CT molecular complexity index is 1160. The van der Waals surface area contributed by atoms with Crippen LogP contribution in [-0.2, 0) is 37.1 Å². The first kappa shape index (κ1) is 22.2. The van der Waals surface area contributed by atoms with Gasteiger partial charge in [0.25, 0.3) is 0 Å². The summed E-state index contributed by atoms with van der Waals surface area (Å²) in [5.41, 5.74) is 4.09. The summed E-state index contributed by atoms with van der Waals surface area (Å²) in [7, 11) is 0. The first-order valence-electron chi connectivity index (χ1n) is 11.5. The average molecular weight is 485 g/mol. The summed E-state index contributed by atoms with van der Waals surface area (Å²) in [6.07, 6.45) is 9.01. The maximum Gasteiger partial charge on any atom is 0.341 e. The van der Waals surface area contributed by atoms with E-state index in [2.05, 4.69) is 20.5 Å². The number of aryl methyl sites for hydroxylation is 1. The van der Waals surface area contributed by atoms with Gasteiger partial charge in [-0.1, -0.05) is 0 Å². The van der Waals surface area contributed by atoms with Gasteiger partial charge in [-0.25, -0.2) is 9.59 Å². The number of carbonyl (C=O) groups is 2. The van der Waals surface area contributed by atoms with Crippen LogP contribution in [0.1, 0.15) is 56.6 Å². The Kier molecular flexibility index (Phi) is 6.52. The van der Waals surface area contributed by atoms with Crippen LogP contribution in [0.25, 0.3) is 5.00 Å². The second kappa shape index (κ2) is 9.70. The molecular weight excluding hydrogens is 456 g/mol. The quantitative estimate of drug-likeness (QED) is 0.446. The first-order chi connectivity index (χ1) is 16.2. The molecule has 2 aliphatic rings. The lowest BCUT2D eigenvalue weighted by molar-refractivity contribution is 0.0526. The summed E-state index contributed by atoms with van der Waals surface area (Å²) < 4.78 is 7.42. The molecular formula is C24H28N4O3S2. The number of amides is 2. The fourth-order valence-corrected chi connectivity index (χ4v) is 7.21. The van der Waals surface area contributed by atoms with Crippen LogP contribution in [0.2, 0.25) is 0 Å². The predicted molar refractivity (Wildman–Crippen MR) is 132 cm³/mol. The second-order valence-corrected chi connectivity index (χ2v) is 10.4. The van der Waals surface area contributed by atoms with E-state index in [4.69, 9.17) is 4.74 Å². The van der Waals surface area contributed by atoms with E-state index in [1.165, 1.54) is 32.2 Å². The van der Waals surface area contributed by atoms with Crippen LogP contribution in [0.4, 0.5) is 9.80 Å². The molecule has 1 aliphatic heterocycles. The lowest BCUT2D eigenvalue weighted by atomic mass is 9.95. The van der Waals surface area contributed by atoms with E-state index < -0.39 is 0 Å². The monoisotopic (exact) mass is 484 g/mol. The van der Waals surface area contributed by atoms with Crippen LogP contribution in [0.3, 0.4) is 0 Å². The van der Waals surface area contributed by atoms with Crippen molar-refractivity contribution in [1.29, 1.82) is 0 Å². The number of nitrogens with one attached hydrogen (secondary N) is 3. The summed E-state index contributed by atoms with van der Waals surface area (Å²) >= 11 is 3.28. The zero-order valence-electron chi connectivity index (χ0n) is 18.7. The molecule has 0 spiro atoms. The van der Waals surface area contributed by atoms with Gasteiger partial charge in [0.2, 0.25) is 0 Å². The third kappa shape index (κ3) is 4.45. The molecule has 1 aliphatic carbocycles. The van der Waals surface area contributed by atoms with Gasteiger partial charge < -0.3 is 19.9 Å². The number of nitrogens with zero attached hydrogens (tertiary/aromatic N) is 1. The van der Waals surface area contributed by atoms with Gasteiger partial charge >= 0.3 is 12.0 Å². The van der Waals surface area contributed by atoms with E-state index in [-0.39, 0.29) is 12.0 Å². The largest absolute Gasteiger partial charge is 0.462 e. The van der Waals surface area contributed by atoms with E-state index in [0.29, 0.717) is 23.7 Å². The molecule has 0 atom stereocenters. The molecule has 33 heavy (non-hydrogen) atoms. The number of hydrogen-bond acceptors (Lipinski definition) is 6. The second-order valence-electron chi connectivity index (χ2n) is 8.25. The molecule has 9 heteroatoms. The van der Waals surface area contributed by atoms with Gasteiger partial charge in [-0.2, -0.15) is 0 Å². The molecule has 4 heterocycles. The molecule has 0 aromatic carbocycles. The fraction of sp³-hybridized carbons (Fsp3) is 0.417. The van der Waals surface area contributed by atoms with Gasteiger partial charge in [0.05, 0.1) is 12.2 Å². The minimum Gasteiger partial charge on any atom is -0.462 e. The predicted octanol–water partition coefficient (Wildman–Crippen LogP) is 4.62. The highest BCUT2D eigenvalue weighted by molar-refractivity contribution is 7.17. The Morgan fingerprint density at radius 1 is 1.09 bits per heavy atom. The number of aromatic nitrogens is 1. The van der Waals surface area contributed by atoms with Crippen molar-refractivity contribution in [2.24, 2.45) is 0 Å². The maximum atomic E-state index is 12.9. The number of fused-ring (bicyclic) bond motifs is 2. The highest BCUT2D eigenvalue weighted by Crippen LogP contribution is 2.39. The van der Waals surface area contributed by atoms with Crippen molar-refractivity contribution in [2.75, 3.05) is 18.5 Å².